The number of amides is 1. The molecule has 3 aromatic rings. The SMILES string of the molecule is COc1cc(C(=O)NC(C)c2ccc(OC)c3ccccc23)nc(OC)n1. The Morgan fingerprint density at radius 1 is 0.963 bits per heavy atom. The molecular formula is C20H21N3O4. The number of hydrogen-bond acceptors (Lipinski definition) is 6. The van der Waals surface area contributed by atoms with E-state index >= 15 is 0 Å². The van der Waals surface area contributed by atoms with Gasteiger partial charge in [-0.2, -0.15) is 9.97 Å². The van der Waals surface area contributed by atoms with Gasteiger partial charge in [0.2, 0.25) is 5.88 Å². The van der Waals surface area contributed by atoms with Crippen molar-refractivity contribution in [3.05, 3.63) is 53.7 Å². The van der Waals surface area contributed by atoms with Crippen LogP contribution < -0.4 is 19.5 Å². The van der Waals surface area contributed by atoms with Crippen LogP contribution in [0.1, 0.15) is 29.0 Å². The van der Waals surface area contributed by atoms with Crippen LogP contribution in [0.2, 0.25) is 0 Å². The molecule has 7 heteroatoms. The first-order valence-corrected chi connectivity index (χ1v) is 8.41. The minimum absolute atomic E-state index is 0.0713. The standard InChI is InChI=1S/C20H21N3O4/c1-12(13-9-10-17(25-2)15-8-6-5-7-14(13)15)21-19(24)16-11-18(26-3)23-20(22-16)27-4/h5-12H,1-4H3,(H,21,24). The van der Waals surface area contributed by atoms with Crippen LogP contribution in [0.5, 0.6) is 17.6 Å². The van der Waals surface area contributed by atoms with Gasteiger partial charge in [0.05, 0.1) is 27.4 Å². The highest BCUT2D eigenvalue weighted by Gasteiger charge is 2.18. The van der Waals surface area contributed by atoms with Crippen molar-refractivity contribution in [1.29, 1.82) is 0 Å². The predicted molar refractivity (Wildman–Crippen MR) is 102 cm³/mol. The van der Waals surface area contributed by atoms with Crippen LogP contribution in [-0.2, 0) is 0 Å². The highest BCUT2D eigenvalue weighted by Crippen LogP contribution is 2.31. The fraction of sp³-hybridized carbons (Fsp3) is 0.250. The van der Waals surface area contributed by atoms with E-state index in [0.717, 1.165) is 22.1 Å². The van der Waals surface area contributed by atoms with Crippen molar-refractivity contribution in [2.45, 2.75) is 13.0 Å². The van der Waals surface area contributed by atoms with Gasteiger partial charge in [0.15, 0.2) is 0 Å². The van der Waals surface area contributed by atoms with Gasteiger partial charge in [-0.15, -0.1) is 0 Å². The molecule has 27 heavy (non-hydrogen) atoms. The van der Waals surface area contributed by atoms with E-state index in [-0.39, 0.29) is 29.5 Å². The Hall–Kier alpha value is -3.35. The number of nitrogens with one attached hydrogen (secondary N) is 1. The van der Waals surface area contributed by atoms with Crippen molar-refractivity contribution >= 4 is 16.7 Å². The molecule has 1 N–H and O–H groups in total. The van der Waals surface area contributed by atoms with E-state index in [4.69, 9.17) is 14.2 Å². The zero-order valence-electron chi connectivity index (χ0n) is 15.6. The molecular weight excluding hydrogens is 346 g/mol. The minimum Gasteiger partial charge on any atom is -0.496 e. The number of aromatic nitrogens is 2. The smallest absolute Gasteiger partial charge is 0.320 e. The molecule has 1 heterocycles. The highest BCUT2D eigenvalue weighted by molar-refractivity contribution is 5.94. The lowest BCUT2D eigenvalue weighted by atomic mass is 9.99. The molecule has 0 aliphatic rings. The Bertz CT molecular complexity index is 952. The molecule has 3 rings (SSSR count). The molecule has 7 nitrogen and oxygen atoms in total. The molecule has 0 fully saturated rings. The maximum Gasteiger partial charge on any atom is 0.320 e. The van der Waals surface area contributed by atoms with Gasteiger partial charge in [0, 0.05) is 11.5 Å². The zero-order chi connectivity index (χ0) is 19.4. The monoisotopic (exact) mass is 367 g/mol. The van der Waals surface area contributed by atoms with Crippen LogP contribution >= 0.6 is 0 Å². The second-order valence-electron chi connectivity index (χ2n) is 5.88. The molecule has 1 atom stereocenters. The fourth-order valence-corrected chi connectivity index (χ4v) is 2.91. The van der Waals surface area contributed by atoms with Gasteiger partial charge in [-0.3, -0.25) is 4.79 Å². The first-order valence-electron chi connectivity index (χ1n) is 8.41. The summed E-state index contributed by atoms with van der Waals surface area (Å²) in [6.07, 6.45) is 0. The lowest BCUT2D eigenvalue weighted by Gasteiger charge is -2.18. The van der Waals surface area contributed by atoms with Gasteiger partial charge in [-0.05, 0) is 23.9 Å². The average Bonchev–Trinajstić information content (AvgIpc) is 2.72. The molecule has 1 aromatic heterocycles. The van der Waals surface area contributed by atoms with Gasteiger partial charge >= 0.3 is 6.01 Å². The first kappa shape index (κ1) is 18.4. The average molecular weight is 367 g/mol. The van der Waals surface area contributed by atoms with E-state index in [1.165, 1.54) is 20.3 Å². The molecule has 1 unspecified atom stereocenters. The summed E-state index contributed by atoms with van der Waals surface area (Å²) in [5.41, 5.74) is 1.15. The molecule has 0 spiro atoms. The molecule has 2 aromatic carbocycles. The molecule has 0 saturated heterocycles. The quantitative estimate of drug-likeness (QED) is 0.721. The third-order valence-corrected chi connectivity index (χ3v) is 4.26. The summed E-state index contributed by atoms with van der Waals surface area (Å²) in [6.45, 7) is 1.92. The van der Waals surface area contributed by atoms with E-state index < -0.39 is 0 Å². The normalized spacial score (nSPS) is 11.7. The van der Waals surface area contributed by atoms with Crippen LogP contribution in [0.4, 0.5) is 0 Å². The number of benzene rings is 2. The van der Waals surface area contributed by atoms with Gasteiger partial charge in [0.25, 0.3) is 5.91 Å². The van der Waals surface area contributed by atoms with Crippen molar-refractivity contribution in [2.75, 3.05) is 21.3 Å². The molecule has 0 radical (unpaired) electrons. The van der Waals surface area contributed by atoms with Crippen molar-refractivity contribution < 1.29 is 19.0 Å². The Morgan fingerprint density at radius 2 is 1.70 bits per heavy atom. The Balaban J connectivity index is 1.91. The van der Waals surface area contributed by atoms with E-state index in [1.807, 2.05) is 43.3 Å². The number of methoxy groups -OCH3 is 3. The summed E-state index contributed by atoms with van der Waals surface area (Å²) in [5.74, 6) is 0.703. The summed E-state index contributed by atoms with van der Waals surface area (Å²) in [4.78, 5) is 20.8. The van der Waals surface area contributed by atoms with E-state index in [9.17, 15) is 4.79 Å². The summed E-state index contributed by atoms with van der Waals surface area (Å²) in [6, 6.07) is 13.1. The molecule has 1 amide bonds. The second kappa shape index (κ2) is 7.90. The molecule has 0 aliphatic heterocycles. The molecule has 140 valence electrons. The molecule has 0 saturated carbocycles. The summed E-state index contributed by atoms with van der Waals surface area (Å²) < 4.78 is 15.6. The number of fused-ring (bicyclic) bond motifs is 1. The van der Waals surface area contributed by atoms with Crippen molar-refractivity contribution in [2.24, 2.45) is 0 Å². The number of nitrogens with zero attached hydrogens (tertiary/aromatic N) is 2. The van der Waals surface area contributed by atoms with E-state index in [1.54, 1.807) is 7.11 Å². The van der Waals surface area contributed by atoms with Crippen LogP contribution in [0, 0.1) is 0 Å². The highest BCUT2D eigenvalue weighted by atomic mass is 16.5. The lowest BCUT2D eigenvalue weighted by molar-refractivity contribution is 0.0933. The van der Waals surface area contributed by atoms with Crippen molar-refractivity contribution in [3.8, 4) is 17.6 Å². The minimum atomic E-state index is -0.346. The number of rotatable bonds is 6. The van der Waals surface area contributed by atoms with Crippen molar-refractivity contribution in [1.82, 2.24) is 15.3 Å². The van der Waals surface area contributed by atoms with Crippen LogP contribution in [-0.4, -0.2) is 37.2 Å². The van der Waals surface area contributed by atoms with Gasteiger partial charge in [-0.1, -0.05) is 30.3 Å². The largest absolute Gasteiger partial charge is 0.496 e. The number of carbonyl (C=O) groups excluding carboxylic acids is 1. The van der Waals surface area contributed by atoms with Gasteiger partial charge < -0.3 is 19.5 Å². The first-order chi connectivity index (χ1) is 13.1. The van der Waals surface area contributed by atoms with Gasteiger partial charge in [0.1, 0.15) is 11.4 Å². The number of hydrogen-bond donors (Lipinski definition) is 1. The van der Waals surface area contributed by atoms with Crippen LogP contribution in [0.15, 0.2) is 42.5 Å². The van der Waals surface area contributed by atoms with Gasteiger partial charge in [-0.25, -0.2) is 0 Å². The van der Waals surface area contributed by atoms with E-state index in [0.29, 0.717) is 0 Å². The molecule has 0 bridgehead atoms. The Labute approximate surface area is 157 Å². The third kappa shape index (κ3) is 3.76. The third-order valence-electron chi connectivity index (χ3n) is 4.26. The Kier molecular flexibility index (Phi) is 5.40. The lowest BCUT2D eigenvalue weighted by Crippen LogP contribution is -2.27. The van der Waals surface area contributed by atoms with E-state index in [2.05, 4.69) is 15.3 Å². The van der Waals surface area contributed by atoms with Crippen LogP contribution in [0.3, 0.4) is 0 Å². The zero-order valence-corrected chi connectivity index (χ0v) is 15.6. The fourth-order valence-electron chi connectivity index (χ4n) is 2.91. The summed E-state index contributed by atoms with van der Waals surface area (Å²) in [5, 5.41) is 4.97. The number of carbonyl (C=O) groups is 1. The number of ether oxygens (including phenoxy) is 3. The molecule has 0 aliphatic carbocycles. The second-order valence-corrected chi connectivity index (χ2v) is 5.88. The topological polar surface area (TPSA) is 82.6 Å². The predicted octanol–water partition coefficient (Wildman–Crippen LogP) is 3.15. The Morgan fingerprint density at radius 3 is 2.37 bits per heavy atom. The summed E-state index contributed by atoms with van der Waals surface area (Å²) in [7, 11) is 4.54. The maximum absolute atomic E-state index is 12.7. The van der Waals surface area contributed by atoms with Crippen LogP contribution in [0.25, 0.3) is 10.8 Å². The summed E-state index contributed by atoms with van der Waals surface area (Å²) >= 11 is 0. The van der Waals surface area contributed by atoms with Crippen molar-refractivity contribution in [3.63, 3.8) is 0 Å². The maximum atomic E-state index is 12.7.